The molecule has 0 aliphatic rings. The lowest BCUT2D eigenvalue weighted by molar-refractivity contribution is 0.123. The van der Waals surface area contributed by atoms with Gasteiger partial charge < -0.3 is 20.1 Å². The molecule has 0 unspecified atom stereocenters. The Morgan fingerprint density at radius 3 is 2.16 bits per heavy atom. The largest absolute Gasteiger partial charge is 0.508 e. The third-order valence-electron chi connectivity index (χ3n) is 2.80. The van der Waals surface area contributed by atoms with Crippen LogP contribution in [0.3, 0.4) is 0 Å². The third kappa shape index (κ3) is 3.63. The second-order valence-electron chi connectivity index (χ2n) is 4.25. The average molecular weight is 260 g/mol. The van der Waals surface area contributed by atoms with Crippen molar-refractivity contribution in [2.75, 3.05) is 6.61 Å². The molecule has 2 aromatic carbocycles. The van der Waals surface area contributed by atoms with Gasteiger partial charge in [-0.15, -0.1) is 0 Å². The number of benzene rings is 2. The Morgan fingerprint density at radius 2 is 1.53 bits per heavy atom. The molecule has 0 fully saturated rings. The molecule has 19 heavy (non-hydrogen) atoms. The lowest BCUT2D eigenvalue weighted by Gasteiger charge is -2.08. The highest BCUT2D eigenvalue weighted by molar-refractivity contribution is 5.48. The van der Waals surface area contributed by atoms with Gasteiger partial charge in [-0.3, -0.25) is 0 Å². The van der Waals surface area contributed by atoms with Crippen molar-refractivity contribution in [3.63, 3.8) is 0 Å². The molecule has 0 amide bonds. The first kappa shape index (κ1) is 13.2. The molecule has 2 aromatic rings. The molecule has 0 atom stereocenters. The first-order valence-electron chi connectivity index (χ1n) is 6.02. The summed E-state index contributed by atoms with van der Waals surface area (Å²) in [7, 11) is 0. The van der Waals surface area contributed by atoms with Crippen molar-refractivity contribution in [2.45, 2.75) is 13.0 Å². The standard InChI is InChI=1S/C15H16O4/c16-12-8-14(17)13(15(18)9-12)6-7-19-10-11-4-2-1-3-5-11/h1-5,8-9,16-18H,6-7,10H2. The fourth-order valence-electron chi connectivity index (χ4n) is 1.82. The van der Waals surface area contributed by atoms with Gasteiger partial charge in [0.05, 0.1) is 13.2 Å². The van der Waals surface area contributed by atoms with E-state index in [1.54, 1.807) is 0 Å². The quantitative estimate of drug-likeness (QED) is 0.723. The van der Waals surface area contributed by atoms with Crippen LogP contribution < -0.4 is 0 Å². The number of phenols is 3. The molecule has 0 aliphatic heterocycles. The van der Waals surface area contributed by atoms with Crippen molar-refractivity contribution >= 4 is 0 Å². The summed E-state index contributed by atoms with van der Waals surface area (Å²) in [4.78, 5) is 0. The molecule has 3 N–H and O–H groups in total. The highest BCUT2D eigenvalue weighted by Gasteiger charge is 2.09. The minimum Gasteiger partial charge on any atom is -0.508 e. The topological polar surface area (TPSA) is 69.9 Å². The predicted molar refractivity (Wildman–Crippen MR) is 71.2 cm³/mol. The summed E-state index contributed by atoms with van der Waals surface area (Å²) in [6.45, 7) is 0.862. The monoisotopic (exact) mass is 260 g/mol. The SMILES string of the molecule is Oc1cc(O)c(CCOCc2ccccc2)c(O)c1. The van der Waals surface area contributed by atoms with Crippen LogP contribution >= 0.6 is 0 Å². The van der Waals surface area contributed by atoms with E-state index in [9.17, 15) is 15.3 Å². The van der Waals surface area contributed by atoms with Gasteiger partial charge in [0.15, 0.2) is 0 Å². The van der Waals surface area contributed by atoms with Crippen LogP contribution in [0.5, 0.6) is 17.2 Å². The summed E-state index contributed by atoms with van der Waals surface area (Å²) in [5, 5.41) is 28.4. The molecule has 4 heteroatoms. The summed E-state index contributed by atoms with van der Waals surface area (Å²) < 4.78 is 5.48. The van der Waals surface area contributed by atoms with E-state index in [2.05, 4.69) is 0 Å². The normalized spacial score (nSPS) is 10.5. The van der Waals surface area contributed by atoms with Gasteiger partial charge in [0, 0.05) is 24.1 Å². The Morgan fingerprint density at radius 1 is 0.895 bits per heavy atom. The minimum absolute atomic E-state index is 0.124. The van der Waals surface area contributed by atoms with Gasteiger partial charge in [-0.05, 0) is 5.56 Å². The van der Waals surface area contributed by atoms with Crippen LogP contribution in [0, 0.1) is 0 Å². The number of rotatable bonds is 5. The van der Waals surface area contributed by atoms with Crippen LogP contribution in [0.25, 0.3) is 0 Å². The van der Waals surface area contributed by atoms with E-state index in [1.807, 2.05) is 30.3 Å². The van der Waals surface area contributed by atoms with Crippen LogP contribution in [-0.4, -0.2) is 21.9 Å². The molecular formula is C15H16O4. The first-order chi connectivity index (χ1) is 9.16. The summed E-state index contributed by atoms with van der Waals surface area (Å²) in [5.74, 6) is -0.412. The van der Waals surface area contributed by atoms with E-state index in [1.165, 1.54) is 12.1 Å². The minimum atomic E-state index is -0.163. The third-order valence-corrected chi connectivity index (χ3v) is 2.80. The average Bonchev–Trinajstić information content (AvgIpc) is 2.38. The van der Waals surface area contributed by atoms with E-state index in [0.717, 1.165) is 5.56 Å². The molecule has 100 valence electrons. The van der Waals surface area contributed by atoms with Crippen LogP contribution in [0.1, 0.15) is 11.1 Å². The molecule has 0 radical (unpaired) electrons. The van der Waals surface area contributed by atoms with Gasteiger partial charge >= 0.3 is 0 Å². The van der Waals surface area contributed by atoms with E-state index in [0.29, 0.717) is 25.2 Å². The maximum Gasteiger partial charge on any atom is 0.126 e. The van der Waals surface area contributed by atoms with Gasteiger partial charge in [0.25, 0.3) is 0 Å². The van der Waals surface area contributed by atoms with Gasteiger partial charge in [0.1, 0.15) is 17.2 Å². The Labute approximate surface area is 111 Å². The first-order valence-corrected chi connectivity index (χ1v) is 6.02. The van der Waals surface area contributed by atoms with Crippen molar-refractivity contribution < 1.29 is 20.1 Å². The maximum atomic E-state index is 9.61. The zero-order valence-corrected chi connectivity index (χ0v) is 10.4. The number of ether oxygens (including phenoxy) is 1. The highest BCUT2D eigenvalue weighted by Crippen LogP contribution is 2.32. The maximum absolute atomic E-state index is 9.61. The molecule has 4 nitrogen and oxygen atoms in total. The Kier molecular flexibility index (Phi) is 4.26. The van der Waals surface area contributed by atoms with Gasteiger partial charge in [-0.25, -0.2) is 0 Å². The Bertz CT molecular complexity index is 514. The molecule has 0 heterocycles. The van der Waals surface area contributed by atoms with Gasteiger partial charge in [0.2, 0.25) is 0 Å². The van der Waals surface area contributed by atoms with Gasteiger partial charge in [-0.2, -0.15) is 0 Å². The van der Waals surface area contributed by atoms with Crippen LogP contribution in [0.15, 0.2) is 42.5 Å². The zero-order chi connectivity index (χ0) is 13.7. The predicted octanol–water partition coefficient (Wildman–Crippen LogP) is 2.56. The smallest absolute Gasteiger partial charge is 0.126 e. The molecule has 0 spiro atoms. The fraction of sp³-hybridized carbons (Fsp3) is 0.200. The molecular weight excluding hydrogens is 244 g/mol. The summed E-state index contributed by atoms with van der Waals surface area (Å²) in [5.41, 5.74) is 1.45. The molecule has 0 saturated heterocycles. The van der Waals surface area contributed by atoms with Gasteiger partial charge in [-0.1, -0.05) is 30.3 Å². The van der Waals surface area contributed by atoms with E-state index in [4.69, 9.17) is 4.74 Å². The number of aromatic hydroxyl groups is 3. The number of hydrogen-bond donors (Lipinski definition) is 3. The van der Waals surface area contributed by atoms with Crippen LogP contribution in [0.4, 0.5) is 0 Å². The van der Waals surface area contributed by atoms with E-state index >= 15 is 0 Å². The van der Waals surface area contributed by atoms with Crippen molar-refractivity contribution in [1.29, 1.82) is 0 Å². The van der Waals surface area contributed by atoms with Crippen molar-refractivity contribution in [2.24, 2.45) is 0 Å². The van der Waals surface area contributed by atoms with Crippen molar-refractivity contribution in [3.8, 4) is 17.2 Å². The number of hydrogen-bond acceptors (Lipinski definition) is 4. The summed E-state index contributed by atoms with van der Waals surface area (Å²) in [6.07, 6.45) is 0.380. The Hall–Kier alpha value is -2.20. The second-order valence-corrected chi connectivity index (χ2v) is 4.25. The molecule has 0 saturated carbocycles. The lowest BCUT2D eigenvalue weighted by atomic mass is 10.1. The lowest BCUT2D eigenvalue weighted by Crippen LogP contribution is -1.99. The highest BCUT2D eigenvalue weighted by atomic mass is 16.5. The van der Waals surface area contributed by atoms with Crippen molar-refractivity contribution in [1.82, 2.24) is 0 Å². The summed E-state index contributed by atoms with van der Waals surface area (Å²) in [6, 6.07) is 12.2. The fourth-order valence-corrected chi connectivity index (χ4v) is 1.82. The number of phenolic OH excluding ortho intramolecular Hbond substituents is 3. The molecule has 0 aliphatic carbocycles. The molecule has 0 bridgehead atoms. The van der Waals surface area contributed by atoms with E-state index in [-0.39, 0.29) is 17.2 Å². The van der Waals surface area contributed by atoms with Crippen LogP contribution in [-0.2, 0) is 17.8 Å². The van der Waals surface area contributed by atoms with Crippen LogP contribution in [0.2, 0.25) is 0 Å². The van der Waals surface area contributed by atoms with E-state index < -0.39 is 0 Å². The van der Waals surface area contributed by atoms with Crippen molar-refractivity contribution in [3.05, 3.63) is 53.6 Å². The zero-order valence-electron chi connectivity index (χ0n) is 10.4. The Balaban J connectivity index is 1.86. The molecule has 2 rings (SSSR count). The summed E-state index contributed by atoms with van der Waals surface area (Å²) >= 11 is 0. The molecule has 0 aromatic heterocycles. The second kappa shape index (κ2) is 6.11.